The molecule has 8 heteroatoms. The number of hydrogen-bond donors (Lipinski definition) is 1. The molecule has 26 heavy (non-hydrogen) atoms. The van der Waals surface area contributed by atoms with Crippen LogP contribution in [0.15, 0.2) is 18.6 Å². The molecule has 1 N–H and O–H groups in total. The third-order valence-corrected chi connectivity index (χ3v) is 7.78. The quantitative estimate of drug-likeness (QED) is 0.832. The van der Waals surface area contributed by atoms with E-state index in [2.05, 4.69) is 25.9 Å². The zero-order valence-corrected chi connectivity index (χ0v) is 15.6. The topological polar surface area (TPSA) is 103 Å². The second-order valence-electron chi connectivity index (χ2n) is 7.78. The SMILES string of the molecule is CN(c1ncnc2[nH]ccc12)[C@H]1C[C@@H](CS(=O)(=O)C[C@H]2C[C@@H](C#N)C2)C1. The van der Waals surface area contributed by atoms with Crippen LogP contribution in [0, 0.1) is 29.1 Å². The van der Waals surface area contributed by atoms with Crippen LogP contribution in [0.3, 0.4) is 0 Å². The molecule has 0 aromatic carbocycles. The Morgan fingerprint density at radius 2 is 1.92 bits per heavy atom. The number of nitrogens with zero attached hydrogens (tertiary/aromatic N) is 4. The van der Waals surface area contributed by atoms with Gasteiger partial charge >= 0.3 is 0 Å². The maximum atomic E-state index is 12.4. The van der Waals surface area contributed by atoms with Crippen LogP contribution >= 0.6 is 0 Å². The van der Waals surface area contributed by atoms with E-state index in [1.807, 2.05) is 19.3 Å². The third-order valence-electron chi connectivity index (χ3n) is 5.82. The van der Waals surface area contributed by atoms with Crippen LogP contribution < -0.4 is 4.90 Å². The molecular formula is C18H23N5O2S. The molecular weight excluding hydrogens is 350 g/mol. The molecule has 7 nitrogen and oxygen atoms in total. The van der Waals surface area contributed by atoms with E-state index in [4.69, 9.17) is 5.26 Å². The Hall–Kier alpha value is -2.14. The number of H-pyrrole nitrogens is 1. The molecule has 2 aromatic heterocycles. The minimum atomic E-state index is -3.03. The molecule has 0 radical (unpaired) electrons. The van der Waals surface area contributed by atoms with Crippen molar-refractivity contribution in [1.82, 2.24) is 15.0 Å². The van der Waals surface area contributed by atoms with Gasteiger partial charge in [0.15, 0.2) is 9.84 Å². The number of fused-ring (bicyclic) bond motifs is 1. The van der Waals surface area contributed by atoms with Gasteiger partial charge in [-0.1, -0.05) is 0 Å². The summed E-state index contributed by atoms with van der Waals surface area (Å²) >= 11 is 0. The lowest BCUT2D eigenvalue weighted by molar-refractivity contribution is 0.266. The van der Waals surface area contributed by atoms with Crippen LogP contribution in [-0.4, -0.2) is 48.0 Å². The van der Waals surface area contributed by atoms with Crippen molar-refractivity contribution in [3.63, 3.8) is 0 Å². The van der Waals surface area contributed by atoms with Crippen molar-refractivity contribution in [1.29, 1.82) is 5.26 Å². The first-order chi connectivity index (χ1) is 12.4. The molecule has 4 rings (SSSR count). The number of rotatable bonds is 6. The highest BCUT2D eigenvalue weighted by molar-refractivity contribution is 7.91. The van der Waals surface area contributed by atoms with E-state index < -0.39 is 9.84 Å². The Kier molecular flexibility index (Phi) is 4.35. The molecule has 2 aliphatic rings. The fraction of sp³-hybridized carbons (Fsp3) is 0.611. The predicted octanol–water partition coefficient (Wildman–Crippen LogP) is 2.14. The van der Waals surface area contributed by atoms with E-state index in [-0.39, 0.29) is 29.3 Å². The average molecular weight is 373 g/mol. The molecule has 0 bridgehead atoms. The maximum Gasteiger partial charge on any atom is 0.150 e. The smallest absolute Gasteiger partial charge is 0.150 e. The van der Waals surface area contributed by atoms with Gasteiger partial charge in [0, 0.05) is 25.2 Å². The molecule has 0 aliphatic heterocycles. The van der Waals surface area contributed by atoms with Crippen LogP contribution in [0.5, 0.6) is 0 Å². The average Bonchev–Trinajstić information content (AvgIpc) is 3.01. The number of aromatic nitrogens is 3. The van der Waals surface area contributed by atoms with Crippen molar-refractivity contribution in [2.24, 2.45) is 17.8 Å². The van der Waals surface area contributed by atoms with Gasteiger partial charge in [-0.3, -0.25) is 0 Å². The number of sulfone groups is 1. The number of anilines is 1. The lowest BCUT2D eigenvalue weighted by Crippen LogP contribution is -2.45. The first-order valence-corrected chi connectivity index (χ1v) is 10.9. The summed E-state index contributed by atoms with van der Waals surface area (Å²) < 4.78 is 24.8. The monoisotopic (exact) mass is 373 g/mol. The van der Waals surface area contributed by atoms with Crippen LogP contribution in [0.4, 0.5) is 5.82 Å². The molecule has 0 spiro atoms. The van der Waals surface area contributed by atoms with Crippen molar-refractivity contribution in [2.45, 2.75) is 31.7 Å². The minimum Gasteiger partial charge on any atom is -0.356 e. The van der Waals surface area contributed by atoms with Gasteiger partial charge in [0.2, 0.25) is 0 Å². The summed E-state index contributed by atoms with van der Waals surface area (Å²) in [5.41, 5.74) is 0.816. The predicted molar refractivity (Wildman–Crippen MR) is 99.3 cm³/mol. The summed E-state index contributed by atoms with van der Waals surface area (Å²) in [6.45, 7) is 0. The molecule has 2 aliphatic carbocycles. The van der Waals surface area contributed by atoms with Crippen molar-refractivity contribution in [3.8, 4) is 6.07 Å². The van der Waals surface area contributed by atoms with Gasteiger partial charge < -0.3 is 9.88 Å². The van der Waals surface area contributed by atoms with E-state index in [9.17, 15) is 8.42 Å². The Morgan fingerprint density at radius 3 is 2.62 bits per heavy atom. The van der Waals surface area contributed by atoms with E-state index in [1.165, 1.54) is 0 Å². The van der Waals surface area contributed by atoms with Gasteiger partial charge in [-0.05, 0) is 43.6 Å². The van der Waals surface area contributed by atoms with Gasteiger partial charge in [-0.15, -0.1) is 0 Å². The molecule has 0 unspecified atom stereocenters. The molecule has 2 aromatic rings. The third kappa shape index (κ3) is 3.28. The second kappa shape index (κ2) is 6.54. The highest BCUT2D eigenvalue weighted by Gasteiger charge is 2.38. The van der Waals surface area contributed by atoms with Crippen molar-refractivity contribution in [2.75, 3.05) is 23.5 Å². The second-order valence-corrected chi connectivity index (χ2v) is 9.93. The van der Waals surface area contributed by atoms with Crippen LogP contribution in [-0.2, 0) is 9.84 Å². The first kappa shape index (κ1) is 17.3. The molecule has 2 fully saturated rings. The normalized spacial score (nSPS) is 28.2. The molecule has 2 saturated carbocycles. The number of hydrogen-bond acceptors (Lipinski definition) is 6. The molecule has 0 amide bonds. The number of nitrogens with one attached hydrogen (secondary N) is 1. The van der Waals surface area contributed by atoms with Crippen LogP contribution in [0.1, 0.15) is 25.7 Å². The van der Waals surface area contributed by atoms with E-state index in [1.54, 1.807) is 6.33 Å². The summed E-state index contributed by atoms with van der Waals surface area (Å²) in [6, 6.07) is 4.49. The maximum absolute atomic E-state index is 12.4. The summed E-state index contributed by atoms with van der Waals surface area (Å²) in [4.78, 5) is 13.8. The summed E-state index contributed by atoms with van der Waals surface area (Å²) in [5, 5.41) is 9.80. The lowest BCUT2D eigenvalue weighted by Gasteiger charge is -2.42. The molecule has 2 heterocycles. The minimum absolute atomic E-state index is 0.0649. The van der Waals surface area contributed by atoms with Crippen molar-refractivity contribution in [3.05, 3.63) is 18.6 Å². The van der Waals surface area contributed by atoms with E-state index >= 15 is 0 Å². The Bertz CT molecular complexity index is 936. The fourth-order valence-electron chi connectivity index (χ4n) is 4.23. The highest BCUT2D eigenvalue weighted by Crippen LogP contribution is 2.38. The van der Waals surface area contributed by atoms with Crippen molar-refractivity contribution < 1.29 is 8.42 Å². The van der Waals surface area contributed by atoms with Gasteiger partial charge in [0.05, 0.1) is 23.0 Å². The Labute approximate surface area is 153 Å². The largest absolute Gasteiger partial charge is 0.356 e. The summed E-state index contributed by atoms with van der Waals surface area (Å²) in [7, 11) is -1.02. The van der Waals surface area contributed by atoms with E-state index in [0.717, 1.165) is 42.5 Å². The summed E-state index contributed by atoms with van der Waals surface area (Å²) in [6.07, 6.45) is 6.63. The molecule has 138 valence electrons. The van der Waals surface area contributed by atoms with Gasteiger partial charge in [-0.25, -0.2) is 18.4 Å². The van der Waals surface area contributed by atoms with Crippen LogP contribution in [0.25, 0.3) is 11.0 Å². The van der Waals surface area contributed by atoms with Gasteiger partial charge in [0.25, 0.3) is 0 Å². The fourth-order valence-corrected chi connectivity index (χ4v) is 6.35. The Morgan fingerprint density at radius 1 is 1.23 bits per heavy atom. The zero-order valence-electron chi connectivity index (χ0n) is 14.8. The van der Waals surface area contributed by atoms with Gasteiger partial charge in [-0.2, -0.15) is 5.26 Å². The molecule has 0 saturated heterocycles. The molecule has 0 atom stereocenters. The Balaban J connectivity index is 1.31. The standard InChI is InChI=1S/C18H23N5O2S/c1-23(18-16-2-3-20-17(16)21-11-22-18)15-6-14(7-15)10-26(24,25)9-13-4-12(5-13)8-19/h2-3,11-15H,4-7,9-10H2,1H3,(H,20,21,22)/t12-,13+,14-,15+. The van der Waals surface area contributed by atoms with Crippen LogP contribution in [0.2, 0.25) is 0 Å². The number of aromatic amines is 1. The zero-order chi connectivity index (χ0) is 18.3. The number of nitriles is 1. The highest BCUT2D eigenvalue weighted by atomic mass is 32.2. The van der Waals surface area contributed by atoms with Crippen molar-refractivity contribution >= 4 is 26.7 Å². The van der Waals surface area contributed by atoms with E-state index in [0.29, 0.717) is 6.04 Å². The first-order valence-electron chi connectivity index (χ1n) is 9.06. The lowest BCUT2D eigenvalue weighted by atomic mass is 9.77. The van der Waals surface area contributed by atoms with Gasteiger partial charge in [0.1, 0.15) is 17.8 Å². The summed E-state index contributed by atoms with van der Waals surface area (Å²) in [5.74, 6) is 1.88.